The first kappa shape index (κ1) is 35.8. The summed E-state index contributed by atoms with van der Waals surface area (Å²) < 4.78 is 77.4. The number of aliphatic hydroxyl groups is 2. The van der Waals surface area contributed by atoms with E-state index in [4.69, 9.17) is 18.5 Å². The lowest BCUT2D eigenvalue weighted by molar-refractivity contribution is -0.0427. The van der Waals surface area contributed by atoms with Crippen molar-refractivity contribution in [2.24, 2.45) is 0 Å². The SMILES string of the molecule is O=[P+](S)OC1[C@@H](F)[C@H](n2cnc3c(NC/C=C/CCNc4ncnc5c4ncn5[C@@H]4OC(CO)[C@@H](O[P+](=O)S)[C@H]4F)ncnc32)O[C@@H]1CO. The van der Waals surface area contributed by atoms with Gasteiger partial charge in [-0.15, -0.1) is 9.05 Å². The number of anilines is 2. The molecule has 2 saturated heterocycles. The van der Waals surface area contributed by atoms with E-state index in [1.165, 1.54) is 34.4 Å². The van der Waals surface area contributed by atoms with Crippen molar-refractivity contribution in [2.45, 2.75) is 55.6 Å². The topological polar surface area (TPSA) is 223 Å². The normalized spacial score (nSPS) is 27.8. The standard InChI is InChI=1S/C25H28F2N10O8P2S2/c26-14-18(44-46(40)48)12(6-38)42-24(14)36-10-34-16-20(30-8-32-22(16)36)28-4-2-1-3-5-29-21-17-23(33-9-31-21)37(11-35-17)25-15(27)19(45-47(41)49)13(7-39)43-25/h1-2,8-15,18-19,24-25,38-39H,3-7H2,(H2-2,28,29,30,31,32,33,40,41,48,49)/p+2/b2-1+/t12-,13?,14-,15-,18?,19-,24-,25-/m1/s1. The molecule has 4 N–H and O–H groups in total. The molecule has 2 aliphatic rings. The van der Waals surface area contributed by atoms with Gasteiger partial charge in [0.25, 0.3) is 0 Å². The van der Waals surface area contributed by atoms with Crippen molar-refractivity contribution in [3.63, 3.8) is 0 Å². The molecule has 0 aliphatic carbocycles. The van der Waals surface area contributed by atoms with E-state index in [2.05, 4.69) is 65.0 Å². The quantitative estimate of drug-likeness (QED) is 0.0444. The molecule has 0 aromatic carbocycles. The van der Waals surface area contributed by atoms with Crippen LogP contribution in [0.2, 0.25) is 0 Å². The second kappa shape index (κ2) is 15.9. The molecule has 18 nitrogen and oxygen atoms in total. The highest BCUT2D eigenvalue weighted by Gasteiger charge is 2.52. The van der Waals surface area contributed by atoms with Crippen LogP contribution in [0.5, 0.6) is 0 Å². The fourth-order valence-electron chi connectivity index (χ4n) is 5.56. The van der Waals surface area contributed by atoms with Crippen LogP contribution in [0, 0.1) is 0 Å². The first-order valence-corrected chi connectivity index (χ1v) is 19.3. The minimum Gasteiger partial charge on any atom is -0.394 e. The number of rotatable bonds is 15. The molecule has 4 aromatic rings. The Bertz CT molecular complexity index is 1840. The van der Waals surface area contributed by atoms with Gasteiger partial charge in [0.2, 0.25) is 0 Å². The molecule has 6 heterocycles. The van der Waals surface area contributed by atoms with Crippen LogP contribution in [-0.4, -0.2) is 112 Å². The van der Waals surface area contributed by atoms with E-state index >= 15 is 8.78 Å². The number of hydrogen-bond acceptors (Lipinski definition) is 16. The van der Waals surface area contributed by atoms with E-state index in [1.807, 2.05) is 12.2 Å². The first-order chi connectivity index (χ1) is 23.7. The van der Waals surface area contributed by atoms with Crippen molar-refractivity contribution in [1.82, 2.24) is 39.0 Å². The van der Waals surface area contributed by atoms with Crippen LogP contribution in [-0.2, 0) is 27.7 Å². The van der Waals surface area contributed by atoms with Gasteiger partial charge in [-0.25, -0.2) is 38.7 Å². The van der Waals surface area contributed by atoms with Crippen molar-refractivity contribution in [2.75, 3.05) is 36.9 Å². The lowest BCUT2D eigenvalue weighted by Crippen LogP contribution is -2.31. The average Bonchev–Trinajstić information content (AvgIpc) is 3.85. The van der Waals surface area contributed by atoms with Crippen LogP contribution < -0.4 is 10.6 Å². The summed E-state index contributed by atoms with van der Waals surface area (Å²) in [7, 11) is -4.85. The van der Waals surface area contributed by atoms with Crippen molar-refractivity contribution < 1.29 is 46.6 Å². The molecule has 24 heteroatoms. The summed E-state index contributed by atoms with van der Waals surface area (Å²) >= 11 is 7.35. The number of aromatic nitrogens is 8. The smallest absolute Gasteiger partial charge is 0.394 e. The van der Waals surface area contributed by atoms with Gasteiger partial charge in [0.15, 0.2) is 71.0 Å². The largest absolute Gasteiger partial charge is 0.582 e. The van der Waals surface area contributed by atoms with Gasteiger partial charge < -0.3 is 30.3 Å². The van der Waals surface area contributed by atoms with Crippen LogP contribution in [0.4, 0.5) is 20.4 Å². The van der Waals surface area contributed by atoms with Crippen molar-refractivity contribution >= 4 is 72.9 Å². The fourth-order valence-corrected chi connectivity index (χ4v) is 7.13. The van der Waals surface area contributed by atoms with Gasteiger partial charge in [-0.3, -0.25) is 9.13 Å². The molecule has 49 heavy (non-hydrogen) atoms. The zero-order chi connectivity index (χ0) is 34.7. The molecule has 0 amide bonds. The van der Waals surface area contributed by atoms with Gasteiger partial charge >= 0.3 is 14.5 Å². The van der Waals surface area contributed by atoms with Crippen molar-refractivity contribution in [3.05, 3.63) is 37.5 Å². The second-order valence-corrected chi connectivity index (χ2v) is 14.0. The number of thiol groups is 2. The Morgan fingerprint density at radius 2 is 1.29 bits per heavy atom. The van der Waals surface area contributed by atoms with Gasteiger partial charge in [0.1, 0.15) is 49.4 Å². The predicted octanol–water partition coefficient (Wildman–Crippen LogP) is 2.84. The Balaban J connectivity index is 1.03. The second-order valence-electron chi connectivity index (χ2n) is 10.7. The highest BCUT2D eigenvalue weighted by Crippen LogP contribution is 2.42. The summed E-state index contributed by atoms with van der Waals surface area (Å²) in [6.07, 6.45) is -1.06. The number of aliphatic hydroxyl groups excluding tert-OH is 2. The van der Waals surface area contributed by atoms with Crippen LogP contribution in [0.25, 0.3) is 22.3 Å². The molecule has 262 valence electrons. The van der Waals surface area contributed by atoms with E-state index in [1.54, 1.807) is 0 Å². The summed E-state index contributed by atoms with van der Waals surface area (Å²) in [5.74, 6) is 0.810. The molecule has 2 aliphatic heterocycles. The number of nitrogens with one attached hydrogen (secondary N) is 2. The maximum absolute atomic E-state index is 15.2. The molecule has 4 aromatic heterocycles. The minimum absolute atomic E-state index is 0.280. The zero-order valence-electron chi connectivity index (χ0n) is 25.1. The van der Waals surface area contributed by atoms with Crippen molar-refractivity contribution in [1.29, 1.82) is 0 Å². The third-order valence-electron chi connectivity index (χ3n) is 7.74. The summed E-state index contributed by atoms with van der Waals surface area (Å²) in [6.45, 7) is -0.261. The molecule has 6 rings (SSSR count). The van der Waals surface area contributed by atoms with Gasteiger partial charge in [-0.2, -0.15) is 0 Å². The van der Waals surface area contributed by atoms with E-state index in [0.717, 1.165) is 0 Å². The lowest BCUT2D eigenvalue weighted by atomic mass is 10.1. The monoisotopic (exact) mass is 762 g/mol. The molecule has 10 atom stereocenters. The number of halogens is 2. The van der Waals surface area contributed by atoms with Crippen LogP contribution in [0.15, 0.2) is 37.5 Å². The first-order valence-electron chi connectivity index (χ1n) is 14.7. The number of hydrogen-bond donors (Lipinski definition) is 6. The Morgan fingerprint density at radius 3 is 1.76 bits per heavy atom. The van der Waals surface area contributed by atoms with Gasteiger partial charge in [-0.1, -0.05) is 12.2 Å². The number of ether oxygens (including phenoxy) is 2. The Labute approximate surface area is 288 Å². The van der Waals surface area contributed by atoms with E-state index in [-0.39, 0.29) is 11.3 Å². The summed E-state index contributed by atoms with van der Waals surface area (Å²) in [5.41, 5.74) is 1.30. The average molecular weight is 763 g/mol. The minimum atomic E-state index is -2.43. The van der Waals surface area contributed by atoms with Crippen molar-refractivity contribution in [3.8, 4) is 0 Å². The Hall–Kier alpha value is -3.04. The molecule has 0 bridgehead atoms. The zero-order valence-corrected chi connectivity index (χ0v) is 28.7. The molecular weight excluding hydrogens is 732 g/mol. The molecule has 0 spiro atoms. The molecule has 2 fully saturated rings. The summed E-state index contributed by atoms with van der Waals surface area (Å²) in [6, 6.07) is 0. The highest BCUT2D eigenvalue weighted by molar-refractivity contribution is 8.39. The van der Waals surface area contributed by atoms with E-state index in [0.29, 0.717) is 42.2 Å². The van der Waals surface area contributed by atoms with Gasteiger partial charge in [0.05, 0.1) is 25.9 Å². The fraction of sp³-hybridized carbons (Fsp3) is 0.520. The molecule has 0 saturated carbocycles. The third kappa shape index (κ3) is 7.53. The molecular formula is C25H30F2N10O8P2S2+2. The maximum atomic E-state index is 15.2. The van der Waals surface area contributed by atoms with E-state index < -0.39 is 76.9 Å². The summed E-state index contributed by atoms with van der Waals surface area (Å²) in [5, 5.41) is 25.5. The molecule has 4 unspecified atom stereocenters. The molecule has 0 radical (unpaired) electrons. The van der Waals surface area contributed by atoms with Crippen LogP contribution >= 0.6 is 39.0 Å². The van der Waals surface area contributed by atoms with Crippen LogP contribution in [0.3, 0.4) is 0 Å². The van der Waals surface area contributed by atoms with Crippen LogP contribution in [0.1, 0.15) is 18.9 Å². The maximum Gasteiger partial charge on any atom is 0.582 e. The Kier molecular flexibility index (Phi) is 11.6. The van der Waals surface area contributed by atoms with Gasteiger partial charge in [-0.05, 0) is 15.6 Å². The number of imidazole rings is 2. The third-order valence-corrected chi connectivity index (χ3v) is 9.15. The predicted molar refractivity (Wildman–Crippen MR) is 176 cm³/mol. The van der Waals surface area contributed by atoms with E-state index in [9.17, 15) is 19.3 Å². The number of alkyl halides is 2. The highest BCUT2D eigenvalue weighted by atomic mass is 32.7. The lowest BCUT2D eigenvalue weighted by Gasteiger charge is -2.15. The van der Waals surface area contributed by atoms with Gasteiger partial charge in [0, 0.05) is 13.1 Å². The Morgan fingerprint density at radius 1 is 0.796 bits per heavy atom. The summed E-state index contributed by atoms with van der Waals surface area (Å²) in [4.78, 5) is 25.5. The number of nitrogens with zero attached hydrogens (tertiary/aromatic N) is 8. The number of fused-ring (bicyclic) bond motifs is 2.